The van der Waals surface area contributed by atoms with E-state index in [2.05, 4.69) is 31.2 Å². The van der Waals surface area contributed by atoms with Crippen molar-refractivity contribution in [3.8, 4) is 0 Å². The number of benzene rings is 1. The molecule has 0 heteroatoms. The van der Waals surface area contributed by atoms with E-state index in [0.29, 0.717) is 5.41 Å². The van der Waals surface area contributed by atoms with Crippen molar-refractivity contribution in [3.63, 3.8) is 0 Å². The molecule has 0 aliphatic heterocycles. The quantitative estimate of drug-likeness (QED) is 0.675. The minimum Gasteiger partial charge on any atom is -0.0651 e. The van der Waals surface area contributed by atoms with Crippen LogP contribution in [0.1, 0.15) is 43.7 Å². The third-order valence-corrected chi connectivity index (χ3v) is 4.14. The first kappa shape index (κ1) is 8.52. The summed E-state index contributed by atoms with van der Waals surface area (Å²) in [5, 5.41) is 0. The number of hydrogen-bond acceptors (Lipinski definition) is 0. The van der Waals surface area contributed by atoms with Crippen molar-refractivity contribution in [1.29, 1.82) is 0 Å². The zero-order valence-corrected chi connectivity index (χ0v) is 8.92. The lowest BCUT2D eigenvalue weighted by Crippen LogP contribution is -2.55. The molecule has 0 saturated heterocycles. The van der Waals surface area contributed by atoms with Crippen molar-refractivity contribution in [1.82, 2.24) is 0 Å². The molecule has 74 valence electrons. The molecule has 3 aliphatic rings. The maximum atomic E-state index is 2.38. The molecular weight excluding hydrogens is 168 g/mol. The largest absolute Gasteiger partial charge is 0.0651 e. The molecule has 14 heavy (non-hydrogen) atoms. The molecular formula is C14H18. The highest BCUT2D eigenvalue weighted by molar-refractivity contribution is 5.36. The Morgan fingerprint density at radius 2 is 1.79 bits per heavy atom. The molecule has 3 fully saturated rings. The van der Waals surface area contributed by atoms with Gasteiger partial charge in [0, 0.05) is 0 Å². The van der Waals surface area contributed by atoms with Gasteiger partial charge in [-0.1, -0.05) is 37.6 Å². The van der Waals surface area contributed by atoms with Crippen molar-refractivity contribution >= 4 is 0 Å². The molecule has 3 saturated carbocycles. The molecule has 0 radical (unpaired) electrons. The molecule has 0 aromatic heterocycles. The average molecular weight is 186 g/mol. The molecule has 1 aromatic carbocycles. The molecule has 0 amide bonds. The Bertz CT molecular complexity index is 317. The van der Waals surface area contributed by atoms with Gasteiger partial charge in [0.2, 0.25) is 0 Å². The fourth-order valence-corrected chi connectivity index (χ4v) is 3.15. The summed E-state index contributed by atoms with van der Waals surface area (Å²) in [5.41, 5.74) is 3.76. The fourth-order valence-electron chi connectivity index (χ4n) is 3.15. The molecule has 0 nitrogen and oxygen atoms in total. The van der Waals surface area contributed by atoms with E-state index in [4.69, 9.17) is 0 Å². The summed E-state index contributed by atoms with van der Waals surface area (Å²) in [5.74, 6) is 1.09. The Morgan fingerprint density at radius 1 is 1.14 bits per heavy atom. The van der Waals surface area contributed by atoms with Gasteiger partial charge in [-0.15, -0.1) is 0 Å². The SMILES string of the molecule is CCCc1ccc(C23CC(C2)C3)cc1. The minimum absolute atomic E-state index is 0.648. The van der Waals surface area contributed by atoms with E-state index in [1.54, 1.807) is 5.56 Å². The molecule has 2 bridgehead atoms. The van der Waals surface area contributed by atoms with E-state index in [0.717, 1.165) is 5.92 Å². The Kier molecular flexibility index (Phi) is 1.74. The van der Waals surface area contributed by atoms with Crippen LogP contribution in [0.4, 0.5) is 0 Å². The molecule has 0 unspecified atom stereocenters. The summed E-state index contributed by atoms with van der Waals surface area (Å²) < 4.78 is 0. The van der Waals surface area contributed by atoms with Gasteiger partial charge < -0.3 is 0 Å². The summed E-state index contributed by atoms with van der Waals surface area (Å²) in [6.07, 6.45) is 6.91. The highest BCUT2D eigenvalue weighted by Crippen LogP contribution is 2.64. The van der Waals surface area contributed by atoms with Crippen LogP contribution in [0.5, 0.6) is 0 Å². The number of hydrogen-bond donors (Lipinski definition) is 0. The predicted molar refractivity (Wildman–Crippen MR) is 59.5 cm³/mol. The van der Waals surface area contributed by atoms with E-state index < -0.39 is 0 Å². The van der Waals surface area contributed by atoms with Crippen LogP contribution in [-0.2, 0) is 11.8 Å². The second kappa shape index (κ2) is 2.85. The third kappa shape index (κ3) is 1.06. The molecule has 0 atom stereocenters. The van der Waals surface area contributed by atoms with Crippen LogP contribution in [0, 0.1) is 5.92 Å². The molecule has 4 rings (SSSR count). The van der Waals surface area contributed by atoms with E-state index in [1.165, 1.54) is 37.7 Å². The molecule has 0 heterocycles. The topological polar surface area (TPSA) is 0 Å². The van der Waals surface area contributed by atoms with Crippen LogP contribution in [0.15, 0.2) is 24.3 Å². The minimum atomic E-state index is 0.648. The number of aryl methyl sites for hydroxylation is 1. The maximum absolute atomic E-state index is 2.38. The Morgan fingerprint density at radius 3 is 2.21 bits per heavy atom. The second-order valence-corrected chi connectivity index (χ2v) is 5.21. The van der Waals surface area contributed by atoms with Gasteiger partial charge in [-0.25, -0.2) is 0 Å². The second-order valence-electron chi connectivity index (χ2n) is 5.21. The summed E-state index contributed by atoms with van der Waals surface area (Å²) in [7, 11) is 0. The average Bonchev–Trinajstić information content (AvgIpc) is 2.03. The Labute approximate surface area is 86.3 Å². The molecule has 0 spiro atoms. The van der Waals surface area contributed by atoms with Crippen molar-refractivity contribution in [3.05, 3.63) is 35.4 Å². The van der Waals surface area contributed by atoms with Crippen LogP contribution in [0.25, 0.3) is 0 Å². The monoisotopic (exact) mass is 186 g/mol. The molecule has 1 aromatic rings. The molecule has 0 N–H and O–H groups in total. The van der Waals surface area contributed by atoms with Crippen LogP contribution < -0.4 is 0 Å². The van der Waals surface area contributed by atoms with Gasteiger partial charge in [0.05, 0.1) is 0 Å². The van der Waals surface area contributed by atoms with Crippen LogP contribution in [-0.4, -0.2) is 0 Å². The first-order valence-electron chi connectivity index (χ1n) is 5.92. The van der Waals surface area contributed by atoms with E-state index in [-0.39, 0.29) is 0 Å². The van der Waals surface area contributed by atoms with E-state index >= 15 is 0 Å². The van der Waals surface area contributed by atoms with Crippen LogP contribution in [0.3, 0.4) is 0 Å². The van der Waals surface area contributed by atoms with Crippen molar-refractivity contribution in [2.24, 2.45) is 5.92 Å². The lowest BCUT2D eigenvalue weighted by atomic mass is 9.42. The van der Waals surface area contributed by atoms with Crippen LogP contribution >= 0.6 is 0 Å². The Balaban J connectivity index is 1.80. The van der Waals surface area contributed by atoms with Gasteiger partial charge in [0.1, 0.15) is 0 Å². The van der Waals surface area contributed by atoms with Crippen molar-refractivity contribution < 1.29 is 0 Å². The lowest BCUT2D eigenvalue weighted by molar-refractivity contribution is -0.0274. The van der Waals surface area contributed by atoms with Crippen molar-refractivity contribution in [2.75, 3.05) is 0 Å². The zero-order chi connectivity index (χ0) is 9.60. The fraction of sp³-hybridized carbons (Fsp3) is 0.571. The molecule has 3 aliphatic carbocycles. The highest BCUT2D eigenvalue weighted by atomic mass is 14.6. The number of rotatable bonds is 3. The van der Waals surface area contributed by atoms with Crippen molar-refractivity contribution in [2.45, 2.75) is 44.4 Å². The smallest absolute Gasteiger partial charge is 0.00390 e. The first-order valence-corrected chi connectivity index (χ1v) is 5.92. The van der Waals surface area contributed by atoms with Gasteiger partial charge >= 0.3 is 0 Å². The van der Waals surface area contributed by atoms with Gasteiger partial charge in [-0.3, -0.25) is 0 Å². The van der Waals surface area contributed by atoms with Gasteiger partial charge in [0.25, 0.3) is 0 Å². The first-order chi connectivity index (χ1) is 6.82. The van der Waals surface area contributed by atoms with E-state index in [9.17, 15) is 0 Å². The van der Waals surface area contributed by atoms with Gasteiger partial charge in [0.15, 0.2) is 0 Å². The summed E-state index contributed by atoms with van der Waals surface area (Å²) in [4.78, 5) is 0. The van der Waals surface area contributed by atoms with E-state index in [1.807, 2.05) is 0 Å². The third-order valence-electron chi connectivity index (χ3n) is 4.14. The summed E-state index contributed by atoms with van der Waals surface area (Å²) in [6, 6.07) is 9.42. The Hall–Kier alpha value is -0.780. The van der Waals surface area contributed by atoms with Gasteiger partial charge in [-0.05, 0) is 48.1 Å². The summed E-state index contributed by atoms with van der Waals surface area (Å²) >= 11 is 0. The zero-order valence-electron chi connectivity index (χ0n) is 8.92. The summed E-state index contributed by atoms with van der Waals surface area (Å²) in [6.45, 7) is 2.25. The predicted octanol–water partition coefficient (Wildman–Crippen LogP) is 3.69. The maximum Gasteiger partial charge on any atom is -0.00390 e. The standard InChI is InChI=1S/C14H18/c1-2-3-11-4-6-13(7-5-11)14-8-12(9-14)10-14/h4-7,12H,2-3,8-10H2,1H3. The highest BCUT2D eigenvalue weighted by Gasteiger charge is 2.57. The van der Waals surface area contributed by atoms with Gasteiger partial charge in [-0.2, -0.15) is 0 Å². The lowest BCUT2D eigenvalue weighted by Gasteiger charge is -2.62. The van der Waals surface area contributed by atoms with Crippen LogP contribution in [0.2, 0.25) is 0 Å². The normalized spacial score (nSPS) is 33.4.